The van der Waals surface area contributed by atoms with E-state index in [1.807, 2.05) is 13.0 Å². The molecular formula is C13H16FN3O. The molecule has 4 nitrogen and oxygen atoms in total. The van der Waals surface area contributed by atoms with Crippen LogP contribution in [0.5, 0.6) is 0 Å². The average molecular weight is 249 g/mol. The van der Waals surface area contributed by atoms with Crippen molar-refractivity contribution in [2.24, 2.45) is 0 Å². The molecule has 18 heavy (non-hydrogen) atoms. The number of hydrogen-bond donors (Lipinski definition) is 0. The van der Waals surface area contributed by atoms with Gasteiger partial charge in [0.15, 0.2) is 5.58 Å². The molecule has 0 aliphatic carbocycles. The molecule has 0 radical (unpaired) electrons. The van der Waals surface area contributed by atoms with Crippen LogP contribution in [0.2, 0.25) is 0 Å². The molecule has 0 spiro atoms. The van der Waals surface area contributed by atoms with Gasteiger partial charge in [0.05, 0.1) is 11.4 Å². The maximum absolute atomic E-state index is 14.1. The summed E-state index contributed by atoms with van der Waals surface area (Å²) in [6.07, 6.45) is 0. The molecule has 0 atom stereocenters. The predicted molar refractivity (Wildman–Crippen MR) is 68.4 cm³/mol. The third-order valence-corrected chi connectivity index (χ3v) is 3.56. The van der Waals surface area contributed by atoms with Crippen LogP contribution in [0.25, 0.3) is 11.0 Å². The molecule has 0 N–H and O–H groups in total. The number of aromatic nitrogens is 1. The van der Waals surface area contributed by atoms with Crippen molar-refractivity contribution >= 4 is 16.7 Å². The van der Waals surface area contributed by atoms with E-state index in [-0.39, 0.29) is 5.82 Å². The van der Waals surface area contributed by atoms with Crippen LogP contribution in [0.3, 0.4) is 0 Å². The molecule has 2 aromatic rings. The highest BCUT2D eigenvalue weighted by Gasteiger charge is 2.19. The highest BCUT2D eigenvalue weighted by molar-refractivity contribution is 5.83. The fraction of sp³-hybridized carbons (Fsp3) is 0.462. The largest absolute Gasteiger partial charge is 0.367 e. The third-order valence-electron chi connectivity index (χ3n) is 3.56. The fourth-order valence-electron chi connectivity index (χ4n) is 2.36. The quantitative estimate of drug-likeness (QED) is 0.774. The van der Waals surface area contributed by atoms with Crippen LogP contribution in [0.4, 0.5) is 10.1 Å². The SMILES string of the molecule is Cc1noc2cc(F)c(N3CCN(C)CC3)cc12. The Kier molecular flexibility index (Phi) is 2.70. The Labute approximate surface area is 105 Å². The fourth-order valence-corrected chi connectivity index (χ4v) is 2.36. The van der Waals surface area contributed by atoms with Gasteiger partial charge >= 0.3 is 0 Å². The third kappa shape index (κ3) is 1.84. The standard InChI is InChI=1S/C13H16FN3O/c1-9-10-7-12(11(14)8-13(10)18-15-9)17-5-3-16(2)4-6-17/h7-8H,3-6H2,1-2H3. The molecule has 2 heterocycles. The second-order valence-corrected chi connectivity index (χ2v) is 4.86. The van der Waals surface area contributed by atoms with Gasteiger partial charge in [0.2, 0.25) is 0 Å². The summed E-state index contributed by atoms with van der Waals surface area (Å²) in [4.78, 5) is 4.33. The first kappa shape index (κ1) is 11.5. The van der Waals surface area contributed by atoms with Gasteiger partial charge in [-0.1, -0.05) is 5.16 Å². The number of aryl methyl sites for hydroxylation is 1. The number of anilines is 1. The molecule has 1 fully saturated rings. The van der Waals surface area contributed by atoms with Gasteiger partial charge < -0.3 is 14.3 Å². The number of rotatable bonds is 1. The van der Waals surface area contributed by atoms with Crippen LogP contribution in [0, 0.1) is 12.7 Å². The van der Waals surface area contributed by atoms with E-state index in [1.54, 1.807) is 0 Å². The maximum Gasteiger partial charge on any atom is 0.170 e. The van der Waals surface area contributed by atoms with Crippen molar-refractivity contribution in [3.8, 4) is 0 Å². The van der Waals surface area contributed by atoms with Crippen LogP contribution in [-0.2, 0) is 0 Å². The minimum Gasteiger partial charge on any atom is -0.367 e. The van der Waals surface area contributed by atoms with E-state index in [2.05, 4.69) is 22.0 Å². The highest BCUT2D eigenvalue weighted by Crippen LogP contribution is 2.28. The number of fused-ring (bicyclic) bond motifs is 1. The lowest BCUT2D eigenvalue weighted by atomic mass is 10.1. The molecule has 1 aliphatic rings. The van der Waals surface area contributed by atoms with Gasteiger partial charge in [-0.15, -0.1) is 0 Å². The molecule has 1 saturated heterocycles. The second-order valence-electron chi connectivity index (χ2n) is 4.86. The van der Waals surface area contributed by atoms with Crippen LogP contribution < -0.4 is 4.90 Å². The number of hydrogen-bond acceptors (Lipinski definition) is 4. The summed E-state index contributed by atoms with van der Waals surface area (Å²) < 4.78 is 19.1. The van der Waals surface area contributed by atoms with Crippen molar-refractivity contribution in [1.82, 2.24) is 10.1 Å². The molecule has 0 unspecified atom stereocenters. The first-order valence-electron chi connectivity index (χ1n) is 6.14. The van der Waals surface area contributed by atoms with Gasteiger partial charge in [-0.3, -0.25) is 0 Å². The van der Waals surface area contributed by atoms with E-state index in [9.17, 15) is 4.39 Å². The van der Waals surface area contributed by atoms with E-state index in [4.69, 9.17) is 4.52 Å². The topological polar surface area (TPSA) is 32.5 Å². The van der Waals surface area contributed by atoms with Crippen LogP contribution >= 0.6 is 0 Å². The van der Waals surface area contributed by atoms with Gasteiger partial charge in [-0.25, -0.2) is 4.39 Å². The van der Waals surface area contributed by atoms with Gasteiger partial charge in [0.1, 0.15) is 5.82 Å². The van der Waals surface area contributed by atoms with Gasteiger partial charge in [-0.05, 0) is 20.0 Å². The van der Waals surface area contributed by atoms with E-state index >= 15 is 0 Å². The summed E-state index contributed by atoms with van der Waals surface area (Å²) in [6.45, 7) is 5.49. The van der Waals surface area contributed by atoms with E-state index in [1.165, 1.54) is 6.07 Å². The molecule has 5 heteroatoms. The Balaban J connectivity index is 2.00. The first-order chi connectivity index (χ1) is 8.65. The molecular weight excluding hydrogens is 233 g/mol. The first-order valence-corrected chi connectivity index (χ1v) is 6.14. The number of halogens is 1. The van der Waals surface area contributed by atoms with Crippen LogP contribution in [-0.4, -0.2) is 43.3 Å². The lowest BCUT2D eigenvalue weighted by molar-refractivity contribution is 0.312. The zero-order valence-corrected chi connectivity index (χ0v) is 10.6. The van der Waals surface area contributed by atoms with Gasteiger partial charge in [-0.2, -0.15) is 0 Å². The summed E-state index contributed by atoms with van der Waals surface area (Å²) in [5.74, 6) is -0.233. The molecule has 1 aliphatic heterocycles. The second kappa shape index (κ2) is 4.24. The summed E-state index contributed by atoms with van der Waals surface area (Å²) in [5, 5.41) is 4.76. The lowest BCUT2D eigenvalue weighted by Gasteiger charge is -2.34. The highest BCUT2D eigenvalue weighted by atomic mass is 19.1. The van der Waals surface area contributed by atoms with Crippen molar-refractivity contribution in [3.63, 3.8) is 0 Å². The molecule has 1 aromatic heterocycles. The van der Waals surface area contributed by atoms with Crippen molar-refractivity contribution in [1.29, 1.82) is 0 Å². The number of nitrogens with zero attached hydrogens (tertiary/aromatic N) is 3. The van der Waals surface area contributed by atoms with Crippen molar-refractivity contribution in [3.05, 3.63) is 23.6 Å². The zero-order chi connectivity index (χ0) is 12.7. The molecule has 0 saturated carbocycles. The normalized spacial score (nSPS) is 17.6. The smallest absolute Gasteiger partial charge is 0.170 e. The summed E-state index contributed by atoms with van der Waals surface area (Å²) in [7, 11) is 2.08. The Hall–Kier alpha value is -1.62. The number of piperazine rings is 1. The maximum atomic E-state index is 14.1. The molecule has 1 aromatic carbocycles. The lowest BCUT2D eigenvalue weighted by Crippen LogP contribution is -2.44. The predicted octanol–water partition coefficient (Wildman–Crippen LogP) is 2.03. The summed E-state index contributed by atoms with van der Waals surface area (Å²) in [5.41, 5.74) is 1.98. The van der Waals surface area contributed by atoms with E-state index < -0.39 is 0 Å². The minimum atomic E-state index is -0.233. The molecule has 96 valence electrons. The van der Waals surface area contributed by atoms with Crippen molar-refractivity contribution in [2.45, 2.75) is 6.92 Å². The molecule has 0 bridgehead atoms. The molecule has 0 amide bonds. The van der Waals surface area contributed by atoms with E-state index in [0.717, 1.165) is 37.3 Å². The minimum absolute atomic E-state index is 0.233. The Bertz CT molecular complexity index is 573. The van der Waals surface area contributed by atoms with Crippen LogP contribution in [0.15, 0.2) is 16.7 Å². The average Bonchev–Trinajstić information content (AvgIpc) is 2.71. The van der Waals surface area contributed by atoms with Crippen molar-refractivity contribution < 1.29 is 8.91 Å². The Morgan fingerprint density at radius 3 is 2.67 bits per heavy atom. The van der Waals surface area contributed by atoms with Gasteiger partial charge in [0, 0.05) is 37.6 Å². The Morgan fingerprint density at radius 2 is 1.94 bits per heavy atom. The zero-order valence-electron chi connectivity index (χ0n) is 10.6. The Morgan fingerprint density at radius 1 is 1.22 bits per heavy atom. The monoisotopic (exact) mass is 249 g/mol. The summed E-state index contributed by atoms with van der Waals surface area (Å²) in [6, 6.07) is 3.28. The van der Waals surface area contributed by atoms with Crippen LogP contribution in [0.1, 0.15) is 5.69 Å². The van der Waals surface area contributed by atoms with Crippen molar-refractivity contribution in [2.75, 3.05) is 38.1 Å². The number of benzene rings is 1. The van der Waals surface area contributed by atoms with E-state index in [0.29, 0.717) is 11.3 Å². The molecule has 3 rings (SSSR count). The number of likely N-dealkylation sites (N-methyl/N-ethyl adjacent to an activating group) is 1. The van der Waals surface area contributed by atoms with Gasteiger partial charge in [0.25, 0.3) is 0 Å². The summed E-state index contributed by atoms with van der Waals surface area (Å²) >= 11 is 0.